The molecule has 7 nitrogen and oxygen atoms in total. The van der Waals surface area contributed by atoms with Gasteiger partial charge >= 0.3 is 0 Å². The maximum atomic E-state index is 12.2. The van der Waals surface area contributed by atoms with Gasteiger partial charge in [0.1, 0.15) is 5.82 Å². The lowest BCUT2D eigenvalue weighted by Crippen LogP contribution is -2.13. The van der Waals surface area contributed by atoms with Gasteiger partial charge in [0.2, 0.25) is 11.8 Å². The highest BCUT2D eigenvalue weighted by Gasteiger charge is 2.25. The van der Waals surface area contributed by atoms with Crippen LogP contribution in [0.15, 0.2) is 30.7 Å². The van der Waals surface area contributed by atoms with E-state index in [9.17, 15) is 4.79 Å². The number of carbonyl (C=O) groups excluding carboxylic acids is 1. The molecular formula is C22H25N5O2. The third-order valence-electron chi connectivity index (χ3n) is 5.49. The van der Waals surface area contributed by atoms with E-state index in [1.165, 1.54) is 12.8 Å². The predicted octanol–water partition coefficient (Wildman–Crippen LogP) is 3.71. The van der Waals surface area contributed by atoms with E-state index in [-0.39, 0.29) is 5.91 Å². The van der Waals surface area contributed by atoms with Gasteiger partial charge in [-0.1, -0.05) is 0 Å². The van der Waals surface area contributed by atoms with Crippen molar-refractivity contribution < 1.29 is 9.53 Å². The van der Waals surface area contributed by atoms with Gasteiger partial charge in [-0.3, -0.25) is 9.48 Å². The van der Waals surface area contributed by atoms with Crippen molar-refractivity contribution >= 4 is 22.6 Å². The molecule has 150 valence electrons. The molecule has 0 saturated heterocycles. The lowest BCUT2D eigenvalue weighted by molar-refractivity contribution is -0.116. The summed E-state index contributed by atoms with van der Waals surface area (Å²) in [7, 11) is 0. The molecule has 0 aliphatic heterocycles. The molecule has 3 aromatic heterocycles. The van der Waals surface area contributed by atoms with Gasteiger partial charge in [-0.2, -0.15) is 5.10 Å². The fourth-order valence-corrected chi connectivity index (χ4v) is 3.47. The van der Waals surface area contributed by atoms with E-state index >= 15 is 0 Å². The number of nitrogens with zero attached hydrogens (tertiary/aromatic N) is 4. The van der Waals surface area contributed by atoms with Crippen LogP contribution in [0.1, 0.15) is 43.2 Å². The Bertz CT molecular complexity index is 1050. The first-order valence-corrected chi connectivity index (χ1v) is 10.3. The number of fused-ring (bicyclic) bond motifs is 1. The second kappa shape index (κ2) is 7.46. The summed E-state index contributed by atoms with van der Waals surface area (Å²) in [6.07, 6.45) is 10.9. The largest absolute Gasteiger partial charge is 0.477 e. The third-order valence-corrected chi connectivity index (χ3v) is 5.49. The van der Waals surface area contributed by atoms with Gasteiger partial charge in [0, 0.05) is 30.6 Å². The highest BCUT2D eigenvalue weighted by atomic mass is 16.5. The molecular weight excluding hydrogens is 366 g/mol. The number of ether oxygens (including phenoxy) is 1. The number of aromatic nitrogens is 4. The third kappa shape index (κ3) is 4.39. The van der Waals surface area contributed by atoms with Crippen LogP contribution in [0.2, 0.25) is 0 Å². The standard InChI is InChI=1S/C22H25N5O2/c1-14-8-17(10-24-22(14)29-13-16-4-5-16)11-27-12-18-19(26-27)6-7-23-21(18)25-20(28)9-15-2-3-15/h6-8,10,12,15-16H,2-5,9,11,13H2,1H3,(H,23,25,28). The molecule has 0 atom stereocenters. The molecule has 2 saturated carbocycles. The van der Waals surface area contributed by atoms with E-state index in [0.29, 0.717) is 30.6 Å². The Morgan fingerprint density at radius 3 is 2.83 bits per heavy atom. The van der Waals surface area contributed by atoms with Crippen LogP contribution in [0.25, 0.3) is 10.9 Å². The molecule has 0 bridgehead atoms. The number of hydrogen-bond donors (Lipinski definition) is 1. The summed E-state index contributed by atoms with van der Waals surface area (Å²) in [4.78, 5) is 21.0. The number of rotatable bonds is 8. The van der Waals surface area contributed by atoms with Crippen molar-refractivity contribution in [2.45, 2.75) is 45.6 Å². The molecule has 2 aliphatic carbocycles. The second-order valence-corrected chi connectivity index (χ2v) is 8.33. The molecule has 2 fully saturated rings. The van der Waals surface area contributed by atoms with Gasteiger partial charge in [0.05, 0.1) is 24.1 Å². The molecule has 0 aromatic carbocycles. The summed E-state index contributed by atoms with van der Waals surface area (Å²) in [6.45, 7) is 3.39. The zero-order chi connectivity index (χ0) is 19.8. The van der Waals surface area contributed by atoms with Gasteiger partial charge in [0.25, 0.3) is 0 Å². The number of pyridine rings is 2. The minimum atomic E-state index is 0.0295. The predicted molar refractivity (Wildman–Crippen MR) is 110 cm³/mol. The van der Waals surface area contributed by atoms with Crippen molar-refractivity contribution in [2.24, 2.45) is 11.8 Å². The van der Waals surface area contributed by atoms with Crippen LogP contribution in [0, 0.1) is 18.8 Å². The molecule has 29 heavy (non-hydrogen) atoms. The number of carbonyl (C=O) groups is 1. The lowest BCUT2D eigenvalue weighted by Gasteiger charge is -2.09. The molecule has 1 N–H and O–H groups in total. The van der Waals surface area contributed by atoms with Crippen molar-refractivity contribution in [1.29, 1.82) is 0 Å². The summed E-state index contributed by atoms with van der Waals surface area (Å²) in [5.41, 5.74) is 2.91. The summed E-state index contributed by atoms with van der Waals surface area (Å²) in [6, 6.07) is 3.96. The second-order valence-electron chi connectivity index (χ2n) is 8.33. The van der Waals surface area contributed by atoms with E-state index in [1.54, 1.807) is 6.20 Å². The normalized spacial score (nSPS) is 16.2. The fourth-order valence-electron chi connectivity index (χ4n) is 3.47. The molecule has 0 unspecified atom stereocenters. The Hall–Kier alpha value is -2.96. The first-order chi connectivity index (χ1) is 14.1. The van der Waals surface area contributed by atoms with Gasteiger partial charge in [-0.05, 0) is 62.1 Å². The molecule has 3 aromatic rings. The monoisotopic (exact) mass is 391 g/mol. The Balaban J connectivity index is 1.30. The number of amides is 1. The van der Waals surface area contributed by atoms with Crippen molar-refractivity contribution in [3.8, 4) is 5.88 Å². The number of nitrogens with one attached hydrogen (secondary N) is 1. The minimum Gasteiger partial charge on any atom is -0.477 e. The molecule has 1 amide bonds. The zero-order valence-corrected chi connectivity index (χ0v) is 16.6. The maximum absolute atomic E-state index is 12.2. The number of aryl methyl sites for hydroxylation is 1. The molecule has 0 radical (unpaired) electrons. The van der Waals surface area contributed by atoms with Gasteiger partial charge in [-0.15, -0.1) is 0 Å². The molecule has 2 aliphatic rings. The van der Waals surface area contributed by atoms with Crippen LogP contribution in [-0.4, -0.2) is 32.3 Å². The van der Waals surface area contributed by atoms with E-state index in [4.69, 9.17) is 4.74 Å². The molecule has 3 heterocycles. The van der Waals surface area contributed by atoms with E-state index in [2.05, 4.69) is 26.4 Å². The van der Waals surface area contributed by atoms with Crippen LogP contribution in [-0.2, 0) is 11.3 Å². The topological polar surface area (TPSA) is 81.9 Å². The summed E-state index contributed by atoms with van der Waals surface area (Å²) >= 11 is 0. The van der Waals surface area contributed by atoms with Crippen LogP contribution in [0.4, 0.5) is 5.82 Å². The van der Waals surface area contributed by atoms with Crippen LogP contribution in [0.3, 0.4) is 0 Å². The Kier molecular flexibility index (Phi) is 4.66. The highest BCUT2D eigenvalue weighted by molar-refractivity contribution is 5.99. The SMILES string of the molecule is Cc1cc(Cn2cc3c(NC(=O)CC4CC4)nccc3n2)cnc1OCC1CC1. The van der Waals surface area contributed by atoms with Crippen molar-refractivity contribution in [1.82, 2.24) is 19.7 Å². The van der Waals surface area contributed by atoms with Crippen LogP contribution in [0.5, 0.6) is 5.88 Å². The van der Waals surface area contributed by atoms with Crippen LogP contribution < -0.4 is 10.1 Å². The van der Waals surface area contributed by atoms with Gasteiger partial charge in [-0.25, -0.2) is 9.97 Å². The molecule has 7 heteroatoms. The molecule has 5 rings (SSSR count). The summed E-state index contributed by atoms with van der Waals surface area (Å²) in [5, 5.41) is 8.43. The zero-order valence-electron chi connectivity index (χ0n) is 16.6. The van der Waals surface area contributed by atoms with Gasteiger partial charge < -0.3 is 10.1 Å². The lowest BCUT2D eigenvalue weighted by atomic mass is 10.2. The van der Waals surface area contributed by atoms with Gasteiger partial charge in [0.15, 0.2) is 0 Å². The van der Waals surface area contributed by atoms with Crippen LogP contribution >= 0.6 is 0 Å². The minimum absolute atomic E-state index is 0.0295. The first-order valence-electron chi connectivity index (χ1n) is 10.3. The molecule has 0 spiro atoms. The Labute approximate surface area is 169 Å². The van der Waals surface area contributed by atoms with E-state index in [0.717, 1.165) is 47.4 Å². The number of anilines is 1. The van der Waals surface area contributed by atoms with Crippen molar-refractivity contribution in [2.75, 3.05) is 11.9 Å². The Morgan fingerprint density at radius 1 is 1.24 bits per heavy atom. The van der Waals surface area contributed by atoms with E-state index in [1.807, 2.05) is 30.1 Å². The summed E-state index contributed by atoms with van der Waals surface area (Å²) < 4.78 is 7.68. The quantitative estimate of drug-likeness (QED) is 0.633. The van der Waals surface area contributed by atoms with E-state index < -0.39 is 0 Å². The summed E-state index contributed by atoms with van der Waals surface area (Å²) in [5.74, 6) is 2.58. The highest BCUT2D eigenvalue weighted by Crippen LogP contribution is 2.33. The smallest absolute Gasteiger partial charge is 0.225 e. The first kappa shape index (κ1) is 18.1. The maximum Gasteiger partial charge on any atom is 0.225 e. The van der Waals surface area contributed by atoms with Crippen molar-refractivity contribution in [3.63, 3.8) is 0 Å². The fraction of sp³-hybridized carbons (Fsp3) is 0.455. The van der Waals surface area contributed by atoms with Crippen molar-refractivity contribution in [3.05, 3.63) is 41.9 Å². The average Bonchev–Trinajstić information content (AvgIpc) is 3.61. The Morgan fingerprint density at radius 2 is 2.07 bits per heavy atom. The average molecular weight is 391 g/mol. The number of hydrogen-bond acceptors (Lipinski definition) is 5.